The van der Waals surface area contributed by atoms with Crippen LogP contribution in [0.4, 0.5) is 0 Å². The minimum absolute atomic E-state index is 0.628. The van der Waals surface area contributed by atoms with Crippen molar-refractivity contribution in [2.24, 2.45) is 0 Å². The summed E-state index contributed by atoms with van der Waals surface area (Å²) in [5.41, 5.74) is 22.3. The second-order valence-corrected chi connectivity index (χ2v) is 22.9. The lowest BCUT2D eigenvalue weighted by Crippen LogP contribution is -2.03. The van der Waals surface area contributed by atoms with Crippen molar-refractivity contribution in [3.05, 3.63) is 315 Å². The smallest absolute Gasteiger partial charge is 0.160 e. The van der Waals surface area contributed by atoms with Gasteiger partial charge in [-0.15, -0.1) is 0 Å². The molecule has 5 aromatic heterocycles. The van der Waals surface area contributed by atoms with Gasteiger partial charge in [0.25, 0.3) is 0 Å². The van der Waals surface area contributed by atoms with Gasteiger partial charge in [-0.25, -0.2) is 9.97 Å². The average Bonchev–Trinajstić information content (AvgIpc) is 1.66. The van der Waals surface area contributed by atoms with Gasteiger partial charge in [-0.05, 0) is 131 Å². The van der Waals surface area contributed by atoms with Crippen LogP contribution >= 0.6 is 0 Å². The lowest BCUT2D eigenvalue weighted by atomic mass is 9.95. The third-order valence-corrected chi connectivity index (χ3v) is 18.0. The summed E-state index contributed by atoms with van der Waals surface area (Å²) in [6.07, 6.45) is 0. The quantitative estimate of drug-likeness (QED) is 0.145. The minimum atomic E-state index is 0.628. The molecule has 6 nitrogen and oxygen atoms in total. The first-order valence-electron chi connectivity index (χ1n) is 30.1. The first kappa shape index (κ1) is 49.6. The lowest BCUT2D eigenvalue weighted by molar-refractivity contribution is 1.14. The van der Waals surface area contributed by atoms with Crippen LogP contribution in [0.2, 0.25) is 0 Å². The summed E-state index contributed by atoms with van der Waals surface area (Å²) in [6.45, 7) is 0. The van der Waals surface area contributed by atoms with Gasteiger partial charge in [0.2, 0.25) is 0 Å². The maximum atomic E-state index is 5.74. The van der Waals surface area contributed by atoms with E-state index in [2.05, 4.69) is 334 Å². The summed E-state index contributed by atoms with van der Waals surface area (Å²) in [6, 6.07) is 114. The van der Waals surface area contributed by atoms with Gasteiger partial charge < -0.3 is 18.3 Å². The van der Waals surface area contributed by atoms with E-state index >= 15 is 0 Å². The molecular weight excluding hydrogens is 1070 g/mol. The van der Waals surface area contributed by atoms with Crippen molar-refractivity contribution in [1.29, 1.82) is 0 Å². The van der Waals surface area contributed by atoms with E-state index in [1.807, 2.05) is 0 Å². The molecule has 0 amide bonds. The van der Waals surface area contributed by atoms with E-state index in [4.69, 9.17) is 9.97 Å². The highest BCUT2D eigenvalue weighted by molar-refractivity contribution is 6.14. The summed E-state index contributed by atoms with van der Waals surface area (Å²) in [5, 5.41) is 9.64. The van der Waals surface area contributed by atoms with Gasteiger partial charge in [-0.1, -0.05) is 206 Å². The zero-order chi connectivity index (χ0) is 57.8. The van der Waals surface area contributed by atoms with Gasteiger partial charge in [0.05, 0.1) is 66.9 Å². The van der Waals surface area contributed by atoms with E-state index in [-0.39, 0.29) is 0 Å². The number of aromatic nitrogens is 6. The maximum Gasteiger partial charge on any atom is 0.160 e. The Kier molecular flexibility index (Phi) is 11.2. The predicted octanol–water partition coefficient (Wildman–Crippen LogP) is 21.2. The van der Waals surface area contributed by atoms with Gasteiger partial charge in [0.15, 0.2) is 5.82 Å². The average molecular weight is 1120 g/mol. The number of benzene rings is 13. The standard InChI is InChI=1S/C82H52N6/c1-3-23-53(24-4-1)55-47-56(54-25-5-2-6-26-54)49-57(48-55)82-83-70(66-33-13-21-41-78(66)87-76-39-19-11-31-64(76)68-50-58(43-45-80(68)87)85-72-35-15-7-27-60(72)61-28-8-16-36-73(61)85)52-71(84-82)67-34-14-22-42-79(67)88-77-40-20-12-32-65(77)69-51-59(44-46-81(69)88)86-74-37-17-9-29-62(74)63-30-10-18-38-75(63)86/h1-52H. The molecule has 0 saturated heterocycles. The Morgan fingerprint density at radius 1 is 0.193 bits per heavy atom. The molecule has 13 aromatic carbocycles. The molecule has 6 heteroatoms. The van der Waals surface area contributed by atoms with Crippen molar-refractivity contribution >= 4 is 87.2 Å². The van der Waals surface area contributed by atoms with Crippen molar-refractivity contribution in [2.45, 2.75) is 0 Å². The molecule has 18 aromatic rings. The Hall–Kier alpha value is -11.9. The molecule has 5 heterocycles. The van der Waals surface area contributed by atoms with E-state index in [1.165, 1.54) is 65.2 Å². The van der Waals surface area contributed by atoms with Gasteiger partial charge in [0.1, 0.15) is 0 Å². The number of para-hydroxylation sites is 8. The number of fused-ring (bicyclic) bond motifs is 12. The Morgan fingerprint density at radius 3 is 0.875 bits per heavy atom. The topological polar surface area (TPSA) is 45.5 Å². The normalized spacial score (nSPS) is 11.9. The van der Waals surface area contributed by atoms with Gasteiger partial charge in [0, 0.05) is 71.2 Å². The molecule has 88 heavy (non-hydrogen) atoms. The molecule has 0 spiro atoms. The van der Waals surface area contributed by atoms with E-state index in [0.717, 1.165) is 95.1 Å². The fraction of sp³-hybridized carbons (Fsp3) is 0. The third kappa shape index (κ3) is 7.76. The lowest BCUT2D eigenvalue weighted by Gasteiger charge is -2.18. The van der Waals surface area contributed by atoms with Crippen LogP contribution in [-0.2, 0) is 0 Å². The van der Waals surface area contributed by atoms with Crippen LogP contribution in [0.15, 0.2) is 315 Å². The Labute approximate surface area is 507 Å². The summed E-state index contributed by atoms with van der Waals surface area (Å²) in [4.78, 5) is 11.5. The molecule has 0 fully saturated rings. The van der Waals surface area contributed by atoms with Gasteiger partial charge in [-0.3, -0.25) is 0 Å². The van der Waals surface area contributed by atoms with E-state index in [0.29, 0.717) is 5.82 Å². The summed E-state index contributed by atoms with van der Waals surface area (Å²) in [5.74, 6) is 0.628. The molecule has 0 unspecified atom stereocenters. The third-order valence-electron chi connectivity index (χ3n) is 18.0. The molecule has 0 N–H and O–H groups in total. The number of hydrogen-bond acceptors (Lipinski definition) is 2. The summed E-state index contributed by atoms with van der Waals surface area (Å²) >= 11 is 0. The molecule has 410 valence electrons. The van der Waals surface area contributed by atoms with Gasteiger partial charge in [-0.2, -0.15) is 0 Å². The minimum Gasteiger partial charge on any atom is -0.309 e. The first-order chi connectivity index (χ1) is 43.7. The molecule has 0 radical (unpaired) electrons. The van der Waals surface area contributed by atoms with Crippen LogP contribution in [0.5, 0.6) is 0 Å². The molecule has 18 rings (SSSR count). The van der Waals surface area contributed by atoms with E-state index < -0.39 is 0 Å². The van der Waals surface area contributed by atoms with E-state index in [1.54, 1.807) is 0 Å². The van der Waals surface area contributed by atoms with Crippen molar-refractivity contribution < 1.29 is 0 Å². The largest absolute Gasteiger partial charge is 0.309 e. The maximum absolute atomic E-state index is 5.74. The molecule has 0 saturated carbocycles. The summed E-state index contributed by atoms with van der Waals surface area (Å²) in [7, 11) is 0. The zero-order valence-electron chi connectivity index (χ0n) is 47.7. The Balaban J connectivity index is 0.864. The Bertz CT molecular complexity index is 5360. The summed E-state index contributed by atoms with van der Waals surface area (Å²) < 4.78 is 9.68. The second kappa shape index (κ2) is 19.9. The van der Waals surface area contributed by atoms with Crippen LogP contribution < -0.4 is 0 Å². The highest BCUT2D eigenvalue weighted by atomic mass is 15.0. The zero-order valence-corrected chi connectivity index (χ0v) is 47.7. The van der Waals surface area contributed by atoms with Gasteiger partial charge >= 0.3 is 0 Å². The fourth-order valence-corrected chi connectivity index (χ4v) is 14.1. The molecule has 0 aliphatic carbocycles. The predicted molar refractivity (Wildman–Crippen MR) is 367 cm³/mol. The molecule has 0 aliphatic rings. The van der Waals surface area contributed by atoms with Crippen LogP contribution in [0, 0.1) is 0 Å². The van der Waals surface area contributed by atoms with Crippen molar-refractivity contribution in [3.8, 4) is 78.9 Å². The molecule has 0 bridgehead atoms. The van der Waals surface area contributed by atoms with Crippen LogP contribution in [0.1, 0.15) is 0 Å². The fourth-order valence-electron chi connectivity index (χ4n) is 14.1. The van der Waals surface area contributed by atoms with E-state index in [9.17, 15) is 0 Å². The molecule has 0 atom stereocenters. The second-order valence-electron chi connectivity index (χ2n) is 22.9. The van der Waals surface area contributed by atoms with Crippen LogP contribution in [0.3, 0.4) is 0 Å². The van der Waals surface area contributed by atoms with Crippen molar-refractivity contribution in [2.75, 3.05) is 0 Å². The number of nitrogens with zero attached hydrogens (tertiary/aromatic N) is 6. The molecule has 0 aliphatic heterocycles. The molecular formula is C82H52N6. The van der Waals surface area contributed by atoms with Crippen molar-refractivity contribution in [3.63, 3.8) is 0 Å². The highest BCUT2D eigenvalue weighted by Crippen LogP contribution is 2.44. The SMILES string of the molecule is c1ccc(-c2cc(-c3ccccc3)cc(-c3nc(-c4ccccc4-n4c5ccccc5c5cc(-n6c7ccccc7c7ccccc76)ccc54)cc(-c4ccccc4-n4c5ccccc5c5cc(-n6c7ccccc7c7ccccc76)ccc54)n3)c2)cc1. The van der Waals surface area contributed by atoms with Crippen molar-refractivity contribution in [1.82, 2.24) is 28.2 Å². The van der Waals surface area contributed by atoms with Crippen LogP contribution in [-0.4, -0.2) is 28.2 Å². The number of rotatable bonds is 9. The number of hydrogen-bond donors (Lipinski definition) is 0. The highest BCUT2D eigenvalue weighted by Gasteiger charge is 2.24. The first-order valence-corrected chi connectivity index (χ1v) is 30.1. The Morgan fingerprint density at radius 2 is 0.489 bits per heavy atom. The monoisotopic (exact) mass is 1120 g/mol. The van der Waals surface area contributed by atoms with Crippen LogP contribution in [0.25, 0.3) is 166 Å².